The Bertz CT molecular complexity index is 311. The van der Waals surface area contributed by atoms with Crippen molar-refractivity contribution < 1.29 is 8.42 Å². The van der Waals surface area contributed by atoms with Gasteiger partial charge in [0, 0.05) is 28.2 Å². The first-order chi connectivity index (χ1) is 6.40. The number of rotatable bonds is 3. The van der Waals surface area contributed by atoms with Gasteiger partial charge in [0.05, 0.1) is 0 Å². The molecular formula is C9H16ClNO2S. The third kappa shape index (κ3) is 3.59. The molecule has 1 atom stereocenters. The fourth-order valence-electron chi connectivity index (χ4n) is 1.85. The van der Waals surface area contributed by atoms with Crippen molar-refractivity contribution in [2.45, 2.75) is 38.8 Å². The number of hydrogen-bond donors (Lipinski definition) is 0. The maximum Gasteiger partial charge on any atom is 0.254 e. The van der Waals surface area contributed by atoms with E-state index in [1.807, 2.05) is 0 Å². The van der Waals surface area contributed by atoms with Crippen molar-refractivity contribution in [3.05, 3.63) is 11.5 Å². The van der Waals surface area contributed by atoms with E-state index in [4.69, 9.17) is 10.7 Å². The van der Waals surface area contributed by atoms with Gasteiger partial charge in [-0.25, -0.2) is 8.42 Å². The quantitative estimate of drug-likeness (QED) is 0.704. The summed E-state index contributed by atoms with van der Waals surface area (Å²) in [7, 11) is 1.61. The van der Waals surface area contributed by atoms with Gasteiger partial charge >= 0.3 is 0 Å². The average Bonchev–Trinajstić information content (AvgIpc) is 2.46. The minimum absolute atomic E-state index is 0.225. The van der Waals surface area contributed by atoms with Crippen molar-refractivity contribution >= 4 is 19.7 Å². The molecule has 82 valence electrons. The van der Waals surface area contributed by atoms with E-state index in [0.29, 0.717) is 6.04 Å². The standard InChI is InChI=1S/C9H16ClNO2S/c1-8(2)11-6-3-4-9(11)5-7-14(10,12)13/h5,7-9H,3-4,6H2,1-2H3/b7-5-. The summed E-state index contributed by atoms with van der Waals surface area (Å²) >= 11 is 0. The van der Waals surface area contributed by atoms with Crippen molar-refractivity contribution in [1.29, 1.82) is 0 Å². The zero-order valence-corrected chi connectivity index (χ0v) is 10.1. The normalized spacial score (nSPS) is 25.3. The van der Waals surface area contributed by atoms with Crippen molar-refractivity contribution in [2.24, 2.45) is 0 Å². The Morgan fingerprint density at radius 2 is 2.14 bits per heavy atom. The molecular weight excluding hydrogens is 222 g/mol. The SMILES string of the molecule is CC(C)N1CCCC1/C=C\S(=O)(=O)Cl. The molecule has 14 heavy (non-hydrogen) atoms. The maximum atomic E-state index is 10.7. The van der Waals surface area contributed by atoms with Crippen molar-refractivity contribution in [3.63, 3.8) is 0 Å². The van der Waals surface area contributed by atoms with Gasteiger partial charge in [-0.2, -0.15) is 0 Å². The Hall–Kier alpha value is -0.0600. The summed E-state index contributed by atoms with van der Waals surface area (Å²) < 4.78 is 21.4. The summed E-state index contributed by atoms with van der Waals surface area (Å²) in [5.41, 5.74) is 0. The fourth-order valence-corrected chi connectivity index (χ4v) is 2.39. The molecule has 1 fully saturated rings. The first kappa shape index (κ1) is 12.0. The van der Waals surface area contributed by atoms with Gasteiger partial charge in [0.2, 0.25) is 0 Å². The lowest BCUT2D eigenvalue weighted by molar-refractivity contribution is 0.234. The Morgan fingerprint density at radius 1 is 1.50 bits per heavy atom. The predicted octanol–water partition coefficient (Wildman–Crippen LogP) is 1.94. The number of likely N-dealkylation sites (tertiary alicyclic amines) is 1. The molecule has 0 aromatic carbocycles. The van der Waals surface area contributed by atoms with E-state index in [9.17, 15) is 8.42 Å². The molecule has 0 aliphatic carbocycles. The molecule has 3 nitrogen and oxygen atoms in total. The topological polar surface area (TPSA) is 37.4 Å². The minimum Gasteiger partial charge on any atom is -0.295 e. The highest BCUT2D eigenvalue weighted by Crippen LogP contribution is 2.21. The van der Waals surface area contributed by atoms with Crippen molar-refractivity contribution in [2.75, 3.05) is 6.54 Å². The van der Waals surface area contributed by atoms with E-state index in [1.54, 1.807) is 6.08 Å². The van der Waals surface area contributed by atoms with E-state index in [-0.39, 0.29) is 6.04 Å². The first-order valence-corrected chi connectivity index (χ1v) is 7.16. The van der Waals surface area contributed by atoms with Gasteiger partial charge in [-0.15, -0.1) is 0 Å². The van der Waals surface area contributed by atoms with Crippen LogP contribution in [0.25, 0.3) is 0 Å². The van der Waals surface area contributed by atoms with Crippen LogP contribution in [0.1, 0.15) is 26.7 Å². The van der Waals surface area contributed by atoms with Crippen LogP contribution in [-0.4, -0.2) is 31.9 Å². The second-order valence-corrected chi connectivity index (χ2v) is 6.36. The summed E-state index contributed by atoms with van der Waals surface area (Å²) in [4.78, 5) is 2.28. The molecule has 1 heterocycles. The number of hydrogen-bond acceptors (Lipinski definition) is 3. The average molecular weight is 238 g/mol. The molecule has 0 spiro atoms. The molecule has 0 bridgehead atoms. The smallest absolute Gasteiger partial charge is 0.254 e. The zero-order chi connectivity index (χ0) is 10.8. The molecule has 0 amide bonds. The van der Waals surface area contributed by atoms with Crippen LogP contribution in [0, 0.1) is 0 Å². The Labute approximate surface area is 90.2 Å². The molecule has 0 N–H and O–H groups in total. The molecule has 1 aliphatic heterocycles. The van der Waals surface area contributed by atoms with Crippen LogP contribution >= 0.6 is 10.7 Å². The highest BCUT2D eigenvalue weighted by atomic mass is 35.7. The summed E-state index contributed by atoms with van der Waals surface area (Å²) in [5, 5.41) is 1.10. The third-order valence-electron chi connectivity index (χ3n) is 2.47. The second-order valence-electron chi connectivity index (χ2n) is 3.85. The van der Waals surface area contributed by atoms with Gasteiger partial charge in [-0.3, -0.25) is 4.90 Å². The van der Waals surface area contributed by atoms with E-state index in [2.05, 4.69) is 18.7 Å². The lowest BCUT2D eigenvalue weighted by Gasteiger charge is -2.25. The Morgan fingerprint density at radius 3 is 2.64 bits per heavy atom. The third-order valence-corrected chi connectivity index (χ3v) is 3.26. The molecule has 1 aliphatic rings. The highest BCUT2D eigenvalue weighted by Gasteiger charge is 2.24. The number of nitrogens with zero attached hydrogens (tertiary/aromatic N) is 1. The van der Waals surface area contributed by atoms with Gasteiger partial charge in [-0.1, -0.05) is 6.08 Å². The van der Waals surface area contributed by atoms with Gasteiger partial charge in [0.15, 0.2) is 0 Å². The van der Waals surface area contributed by atoms with E-state index in [1.165, 1.54) is 0 Å². The molecule has 1 unspecified atom stereocenters. The largest absolute Gasteiger partial charge is 0.295 e. The molecule has 0 aromatic rings. The van der Waals surface area contributed by atoms with Crippen LogP contribution in [-0.2, 0) is 9.05 Å². The lowest BCUT2D eigenvalue weighted by Crippen LogP contribution is -2.34. The fraction of sp³-hybridized carbons (Fsp3) is 0.778. The van der Waals surface area contributed by atoms with E-state index < -0.39 is 9.05 Å². The minimum atomic E-state index is -3.50. The molecule has 0 saturated carbocycles. The molecule has 5 heteroatoms. The summed E-state index contributed by atoms with van der Waals surface area (Å²) in [6, 6.07) is 0.675. The summed E-state index contributed by atoms with van der Waals surface area (Å²) in [6.07, 6.45) is 3.83. The molecule has 1 saturated heterocycles. The van der Waals surface area contributed by atoms with Crippen LogP contribution in [0.15, 0.2) is 11.5 Å². The first-order valence-electron chi connectivity index (χ1n) is 4.79. The van der Waals surface area contributed by atoms with E-state index >= 15 is 0 Å². The monoisotopic (exact) mass is 237 g/mol. The van der Waals surface area contributed by atoms with Crippen LogP contribution < -0.4 is 0 Å². The summed E-state index contributed by atoms with van der Waals surface area (Å²) in [5.74, 6) is 0. The van der Waals surface area contributed by atoms with Crippen LogP contribution in [0.4, 0.5) is 0 Å². The predicted molar refractivity (Wildman–Crippen MR) is 58.8 cm³/mol. The molecule has 0 radical (unpaired) electrons. The summed E-state index contributed by atoms with van der Waals surface area (Å²) in [6.45, 7) is 5.26. The van der Waals surface area contributed by atoms with Crippen LogP contribution in [0.2, 0.25) is 0 Å². The highest BCUT2D eigenvalue weighted by molar-refractivity contribution is 8.16. The molecule has 1 rings (SSSR count). The van der Waals surface area contributed by atoms with Crippen LogP contribution in [0.3, 0.4) is 0 Å². The molecule has 0 aromatic heterocycles. The van der Waals surface area contributed by atoms with Crippen LogP contribution in [0.5, 0.6) is 0 Å². The van der Waals surface area contributed by atoms with Gasteiger partial charge in [-0.05, 0) is 33.2 Å². The van der Waals surface area contributed by atoms with E-state index in [0.717, 1.165) is 24.8 Å². The van der Waals surface area contributed by atoms with Crippen molar-refractivity contribution in [3.8, 4) is 0 Å². The zero-order valence-electron chi connectivity index (χ0n) is 8.48. The second kappa shape index (κ2) is 4.64. The van der Waals surface area contributed by atoms with Gasteiger partial charge in [0.1, 0.15) is 0 Å². The Kier molecular flexibility index (Phi) is 3.98. The van der Waals surface area contributed by atoms with Gasteiger partial charge < -0.3 is 0 Å². The lowest BCUT2D eigenvalue weighted by atomic mass is 10.2. The Balaban J connectivity index is 2.65. The van der Waals surface area contributed by atoms with Crippen molar-refractivity contribution in [1.82, 2.24) is 4.90 Å². The number of halogens is 1. The van der Waals surface area contributed by atoms with Gasteiger partial charge in [0.25, 0.3) is 9.05 Å². The maximum absolute atomic E-state index is 10.7.